The molecule has 2 N–H and O–H groups in total. The number of hydrogen-bond acceptors (Lipinski definition) is 5. The molecule has 0 bridgehead atoms. The van der Waals surface area contributed by atoms with Crippen LogP contribution < -0.4 is 20.4 Å². The van der Waals surface area contributed by atoms with Gasteiger partial charge in [0.1, 0.15) is 11.5 Å². The number of pyridine rings is 1. The Morgan fingerprint density at radius 3 is 1.98 bits per heavy atom. The summed E-state index contributed by atoms with van der Waals surface area (Å²) in [6.45, 7) is 6.15. The summed E-state index contributed by atoms with van der Waals surface area (Å²) in [6, 6.07) is 23.4. The number of nitrogens with zero attached hydrogens (tertiary/aromatic N) is 3. The van der Waals surface area contributed by atoms with Gasteiger partial charge in [-0.2, -0.15) is 0 Å². The summed E-state index contributed by atoms with van der Waals surface area (Å²) >= 11 is 0. The highest BCUT2D eigenvalue weighted by atomic mass is 16.2. The van der Waals surface area contributed by atoms with Crippen LogP contribution in [0.1, 0.15) is 83.6 Å². The van der Waals surface area contributed by atoms with Crippen molar-refractivity contribution in [1.82, 2.24) is 4.98 Å². The molecule has 0 spiro atoms. The van der Waals surface area contributed by atoms with Crippen LogP contribution in [-0.2, 0) is 10.5 Å². The standard InChI is InChI=1S/C36H47N5O/c1-3-40(4-2)33-25-24-28(26-37-33)36(38-31-22-14-15-23-32(31)39-36)34(27-16-8-5-9-17-27)35(42)41(29-18-10-6-11-19-29)30-20-12-7-13-21-30/h6,10-11,14-15,18-19,22-27,30,34,38-39H,3-5,7-9,12-13,16-17,20-21H2,1-2H3. The van der Waals surface area contributed by atoms with E-state index in [1.807, 2.05) is 12.3 Å². The van der Waals surface area contributed by atoms with Gasteiger partial charge < -0.3 is 20.4 Å². The maximum absolute atomic E-state index is 15.4. The highest BCUT2D eigenvalue weighted by Gasteiger charge is 2.53. The summed E-state index contributed by atoms with van der Waals surface area (Å²) in [5.74, 6) is 1.18. The maximum Gasteiger partial charge on any atom is 0.235 e. The van der Waals surface area contributed by atoms with E-state index in [2.05, 4.69) is 94.9 Å². The van der Waals surface area contributed by atoms with E-state index < -0.39 is 5.66 Å². The van der Waals surface area contributed by atoms with Gasteiger partial charge in [0.25, 0.3) is 0 Å². The molecule has 1 aliphatic heterocycles. The third-order valence-electron chi connectivity index (χ3n) is 9.95. The number of carbonyl (C=O) groups is 1. The van der Waals surface area contributed by atoms with Crippen molar-refractivity contribution in [2.75, 3.05) is 33.5 Å². The number of amides is 1. The van der Waals surface area contributed by atoms with Crippen LogP contribution in [0.2, 0.25) is 0 Å². The van der Waals surface area contributed by atoms with E-state index in [4.69, 9.17) is 4.98 Å². The Morgan fingerprint density at radius 2 is 1.40 bits per heavy atom. The van der Waals surface area contributed by atoms with Crippen molar-refractivity contribution in [1.29, 1.82) is 0 Å². The van der Waals surface area contributed by atoms with Crippen molar-refractivity contribution in [3.8, 4) is 0 Å². The fourth-order valence-electron chi connectivity index (χ4n) is 7.79. The molecule has 1 atom stereocenters. The highest BCUT2D eigenvalue weighted by molar-refractivity contribution is 5.98. The van der Waals surface area contributed by atoms with Crippen molar-refractivity contribution in [2.24, 2.45) is 11.8 Å². The van der Waals surface area contributed by atoms with Crippen molar-refractivity contribution >= 4 is 28.8 Å². The lowest BCUT2D eigenvalue weighted by atomic mass is 9.70. The molecule has 2 aliphatic carbocycles. The lowest BCUT2D eigenvalue weighted by Gasteiger charge is -2.46. The first-order chi connectivity index (χ1) is 20.6. The molecule has 222 valence electrons. The monoisotopic (exact) mass is 565 g/mol. The fraction of sp³-hybridized carbons (Fsp3) is 0.500. The van der Waals surface area contributed by atoms with Gasteiger partial charge in [-0.05, 0) is 81.8 Å². The van der Waals surface area contributed by atoms with E-state index in [0.29, 0.717) is 0 Å². The summed E-state index contributed by atoms with van der Waals surface area (Å²) in [6.07, 6.45) is 13.5. The van der Waals surface area contributed by atoms with Crippen LogP contribution in [0.25, 0.3) is 0 Å². The summed E-state index contributed by atoms with van der Waals surface area (Å²) in [5, 5.41) is 7.83. The number of carbonyl (C=O) groups excluding carboxylic acids is 1. The first kappa shape index (κ1) is 28.6. The van der Waals surface area contributed by atoms with Crippen molar-refractivity contribution in [3.05, 3.63) is 78.5 Å². The molecule has 2 heterocycles. The second-order valence-corrected chi connectivity index (χ2v) is 12.4. The van der Waals surface area contributed by atoms with E-state index in [9.17, 15) is 0 Å². The molecule has 1 unspecified atom stereocenters. The maximum atomic E-state index is 15.4. The molecule has 3 aromatic rings. The number of para-hydroxylation sites is 3. The number of benzene rings is 2. The molecule has 0 saturated heterocycles. The predicted octanol–water partition coefficient (Wildman–Crippen LogP) is 8.18. The van der Waals surface area contributed by atoms with Crippen molar-refractivity contribution in [3.63, 3.8) is 0 Å². The Bertz CT molecular complexity index is 1290. The first-order valence-corrected chi connectivity index (χ1v) is 16.4. The third kappa shape index (κ3) is 5.48. The molecule has 2 saturated carbocycles. The molecular weight excluding hydrogens is 518 g/mol. The minimum Gasteiger partial charge on any atom is -0.357 e. The van der Waals surface area contributed by atoms with Gasteiger partial charge in [0.15, 0.2) is 0 Å². The second kappa shape index (κ2) is 12.8. The third-order valence-corrected chi connectivity index (χ3v) is 9.95. The minimum atomic E-state index is -0.792. The van der Waals surface area contributed by atoms with Crippen LogP contribution >= 0.6 is 0 Å². The SMILES string of the molecule is CCN(CC)c1ccc(C2(C(C(=O)N(c3ccccc3)C3CCCCC3)C3CCCCC3)Nc3ccccc3N2)cn1. The molecule has 2 fully saturated rings. The molecular formula is C36H47N5O. The molecule has 3 aliphatic rings. The van der Waals surface area contributed by atoms with Gasteiger partial charge in [0.05, 0.1) is 17.3 Å². The zero-order valence-corrected chi connectivity index (χ0v) is 25.4. The van der Waals surface area contributed by atoms with Crippen LogP contribution in [-0.4, -0.2) is 30.0 Å². The van der Waals surface area contributed by atoms with Gasteiger partial charge in [-0.3, -0.25) is 4.79 Å². The summed E-state index contributed by atoms with van der Waals surface area (Å²) < 4.78 is 0. The zero-order chi connectivity index (χ0) is 28.9. The Labute approximate surface area is 251 Å². The topological polar surface area (TPSA) is 60.5 Å². The van der Waals surface area contributed by atoms with Crippen molar-refractivity contribution < 1.29 is 4.79 Å². The molecule has 6 nitrogen and oxygen atoms in total. The lowest BCUT2D eigenvalue weighted by molar-refractivity contribution is -0.127. The van der Waals surface area contributed by atoms with Gasteiger partial charge in [-0.1, -0.05) is 68.9 Å². The molecule has 0 radical (unpaired) electrons. The fourth-order valence-corrected chi connectivity index (χ4v) is 7.79. The van der Waals surface area contributed by atoms with E-state index in [1.54, 1.807) is 0 Å². The van der Waals surface area contributed by atoms with Crippen LogP contribution in [0, 0.1) is 11.8 Å². The van der Waals surface area contributed by atoms with E-state index in [0.717, 1.165) is 67.2 Å². The normalized spacial score (nSPS) is 19.3. The molecule has 6 rings (SSSR count). The molecule has 1 amide bonds. The number of aromatic nitrogens is 1. The molecule has 42 heavy (non-hydrogen) atoms. The van der Waals surface area contributed by atoms with Gasteiger partial charge in [-0.25, -0.2) is 4.98 Å². The number of rotatable bonds is 9. The summed E-state index contributed by atoms with van der Waals surface area (Å²) in [7, 11) is 0. The Morgan fingerprint density at radius 1 is 0.810 bits per heavy atom. The average molecular weight is 566 g/mol. The lowest BCUT2D eigenvalue weighted by Crippen LogP contribution is -2.58. The highest BCUT2D eigenvalue weighted by Crippen LogP contribution is 2.50. The summed E-state index contributed by atoms with van der Waals surface area (Å²) in [4.78, 5) is 24.9. The Balaban J connectivity index is 1.49. The predicted molar refractivity (Wildman–Crippen MR) is 174 cm³/mol. The van der Waals surface area contributed by atoms with Crippen LogP contribution in [0.3, 0.4) is 0 Å². The van der Waals surface area contributed by atoms with Gasteiger partial charge in [0, 0.05) is 36.6 Å². The Hall–Kier alpha value is -3.54. The van der Waals surface area contributed by atoms with Crippen molar-refractivity contribution in [2.45, 2.75) is 89.8 Å². The van der Waals surface area contributed by atoms with Gasteiger partial charge >= 0.3 is 0 Å². The molecule has 2 aromatic carbocycles. The molecule has 1 aromatic heterocycles. The van der Waals surface area contributed by atoms with Gasteiger partial charge in [-0.15, -0.1) is 0 Å². The van der Waals surface area contributed by atoms with E-state index in [-0.39, 0.29) is 23.8 Å². The molecule has 6 heteroatoms. The number of fused-ring (bicyclic) bond motifs is 1. The number of nitrogens with one attached hydrogen (secondary N) is 2. The van der Waals surface area contributed by atoms with Crippen LogP contribution in [0.5, 0.6) is 0 Å². The van der Waals surface area contributed by atoms with Gasteiger partial charge in [0.2, 0.25) is 5.91 Å². The largest absolute Gasteiger partial charge is 0.357 e. The number of hydrogen-bond donors (Lipinski definition) is 2. The number of anilines is 4. The van der Waals surface area contributed by atoms with E-state index in [1.165, 1.54) is 38.5 Å². The Kier molecular flexibility index (Phi) is 8.68. The first-order valence-electron chi connectivity index (χ1n) is 16.4. The smallest absolute Gasteiger partial charge is 0.235 e. The average Bonchev–Trinajstić information content (AvgIpc) is 3.44. The van der Waals surface area contributed by atoms with Crippen LogP contribution in [0.4, 0.5) is 22.9 Å². The zero-order valence-electron chi connectivity index (χ0n) is 25.4. The van der Waals surface area contributed by atoms with Crippen LogP contribution in [0.15, 0.2) is 72.9 Å². The minimum absolute atomic E-state index is 0.226. The summed E-state index contributed by atoms with van der Waals surface area (Å²) in [5.41, 5.74) is 3.34. The van der Waals surface area contributed by atoms with E-state index >= 15 is 4.79 Å². The quantitative estimate of drug-likeness (QED) is 0.274. The second-order valence-electron chi connectivity index (χ2n) is 12.4.